The predicted octanol–water partition coefficient (Wildman–Crippen LogP) is 3.81. The Kier molecular flexibility index (Phi) is 7.76. The number of hydrogen-bond acceptors (Lipinski definition) is 7. The minimum absolute atomic E-state index is 0.0269. The number of nitriles is 2. The third kappa shape index (κ3) is 5.57. The van der Waals surface area contributed by atoms with Crippen LogP contribution in [0.5, 0.6) is 0 Å². The van der Waals surface area contributed by atoms with Gasteiger partial charge in [0.25, 0.3) is 5.91 Å². The van der Waals surface area contributed by atoms with E-state index in [9.17, 15) is 15.3 Å². The summed E-state index contributed by atoms with van der Waals surface area (Å²) in [5.74, 6) is 0.826. The Hall–Kier alpha value is -4.40. The minimum atomic E-state index is 0.0269. The molecule has 8 heteroatoms. The zero-order valence-electron chi connectivity index (χ0n) is 22.5. The van der Waals surface area contributed by atoms with Gasteiger partial charge in [-0.15, -0.1) is 0 Å². The number of carbonyl (C=O) groups excluding carboxylic acids is 1. The van der Waals surface area contributed by atoms with Crippen molar-refractivity contribution in [1.29, 1.82) is 10.5 Å². The Morgan fingerprint density at radius 2 is 1.64 bits per heavy atom. The Balaban J connectivity index is 1.23. The van der Waals surface area contributed by atoms with E-state index in [2.05, 4.69) is 56.9 Å². The molecule has 2 fully saturated rings. The third-order valence-corrected chi connectivity index (χ3v) is 7.77. The van der Waals surface area contributed by atoms with Crippen LogP contribution in [0.1, 0.15) is 39.5 Å². The number of anilines is 2. The van der Waals surface area contributed by atoms with Gasteiger partial charge < -0.3 is 14.7 Å². The number of aromatic nitrogens is 1. The fourth-order valence-electron chi connectivity index (χ4n) is 5.59. The Morgan fingerprint density at radius 3 is 2.38 bits per heavy atom. The molecule has 3 aromatic rings. The minimum Gasteiger partial charge on any atom is -0.367 e. The van der Waals surface area contributed by atoms with Gasteiger partial charge in [0, 0.05) is 70.2 Å². The molecule has 1 atom stereocenters. The highest BCUT2D eigenvalue weighted by Crippen LogP contribution is 2.25. The molecule has 1 amide bonds. The highest BCUT2D eigenvalue weighted by molar-refractivity contribution is 5.96. The van der Waals surface area contributed by atoms with Crippen molar-refractivity contribution in [2.45, 2.75) is 26.4 Å². The molecule has 0 radical (unpaired) electrons. The number of benzene rings is 2. The molecule has 2 aromatic carbocycles. The maximum absolute atomic E-state index is 13.7. The van der Waals surface area contributed by atoms with Gasteiger partial charge in [-0.05, 0) is 55.3 Å². The lowest BCUT2D eigenvalue weighted by Crippen LogP contribution is -2.54. The number of nitrogens with zero attached hydrogens (tertiary/aromatic N) is 7. The summed E-state index contributed by atoms with van der Waals surface area (Å²) in [7, 11) is 0. The maximum atomic E-state index is 13.7. The monoisotopic (exact) mass is 519 g/mol. The summed E-state index contributed by atoms with van der Waals surface area (Å²) in [4.78, 5) is 26.9. The summed E-state index contributed by atoms with van der Waals surface area (Å²) < 4.78 is 0. The molecule has 0 N–H and O–H groups in total. The number of piperazine rings is 2. The normalized spacial score (nSPS) is 17.9. The van der Waals surface area contributed by atoms with Crippen LogP contribution in [-0.2, 0) is 6.54 Å². The first kappa shape index (κ1) is 26.2. The van der Waals surface area contributed by atoms with Crippen LogP contribution in [-0.4, -0.2) is 72.5 Å². The smallest absolute Gasteiger partial charge is 0.254 e. The van der Waals surface area contributed by atoms with Crippen LogP contribution in [0.4, 0.5) is 11.5 Å². The molecule has 39 heavy (non-hydrogen) atoms. The largest absolute Gasteiger partial charge is 0.367 e. The zero-order chi connectivity index (χ0) is 27.4. The van der Waals surface area contributed by atoms with E-state index < -0.39 is 0 Å². The summed E-state index contributed by atoms with van der Waals surface area (Å²) in [5, 5.41) is 18.9. The van der Waals surface area contributed by atoms with Crippen molar-refractivity contribution in [1.82, 2.24) is 14.8 Å². The Morgan fingerprint density at radius 1 is 0.923 bits per heavy atom. The standard InChI is InChI=1S/C31H33N7O/c1-23-9-10-25(22-35-12-14-36(15-13-35)30-27(20-33)7-5-11-34-30)18-28(23)31(39)38-17-16-37(21-24(38)2)29-8-4-3-6-26(29)19-32/h3-11,18,24H,12-17,21-22H2,1-2H3/t24-/m0/s1. The van der Waals surface area contributed by atoms with Crippen LogP contribution < -0.4 is 9.80 Å². The molecule has 3 heterocycles. The van der Waals surface area contributed by atoms with Gasteiger partial charge in [-0.25, -0.2) is 4.98 Å². The average molecular weight is 520 g/mol. The second-order valence-corrected chi connectivity index (χ2v) is 10.3. The van der Waals surface area contributed by atoms with Gasteiger partial charge in [-0.3, -0.25) is 9.69 Å². The number of rotatable bonds is 5. The lowest BCUT2D eigenvalue weighted by atomic mass is 10.0. The first-order valence-corrected chi connectivity index (χ1v) is 13.5. The van der Waals surface area contributed by atoms with Gasteiger partial charge in [0.05, 0.1) is 16.8 Å². The first-order valence-electron chi connectivity index (χ1n) is 13.5. The van der Waals surface area contributed by atoms with E-state index in [1.165, 1.54) is 0 Å². The van der Waals surface area contributed by atoms with E-state index in [0.717, 1.165) is 60.9 Å². The lowest BCUT2D eigenvalue weighted by molar-refractivity contribution is 0.0673. The summed E-state index contributed by atoms with van der Waals surface area (Å²) in [6.45, 7) is 10.2. The molecular weight excluding hydrogens is 486 g/mol. The molecule has 0 bridgehead atoms. The molecule has 8 nitrogen and oxygen atoms in total. The third-order valence-electron chi connectivity index (χ3n) is 7.77. The van der Waals surface area contributed by atoms with Gasteiger partial charge in [0.1, 0.15) is 18.0 Å². The van der Waals surface area contributed by atoms with Crippen molar-refractivity contribution in [3.8, 4) is 12.1 Å². The van der Waals surface area contributed by atoms with Crippen LogP contribution >= 0.6 is 0 Å². The molecular formula is C31H33N7O. The molecule has 2 saturated heterocycles. The van der Waals surface area contributed by atoms with Crippen LogP contribution in [0.3, 0.4) is 0 Å². The van der Waals surface area contributed by atoms with Crippen LogP contribution in [0.2, 0.25) is 0 Å². The molecule has 1 aromatic heterocycles. The molecule has 0 unspecified atom stereocenters. The second-order valence-electron chi connectivity index (χ2n) is 10.3. The van der Waals surface area contributed by atoms with Gasteiger partial charge >= 0.3 is 0 Å². The fraction of sp³-hybridized carbons (Fsp3) is 0.355. The number of carbonyl (C=O) groups is 1. The highest BCUT2D eigenvalue weighted by Gasteiger charge is 2.30. The van der Waals surface area contributed by atoms with Crippen molar-refractivity contribution in [3.05, 3.63) is 88.6 Å². The van der Waals surface area contributed by atoms with Crippen molar-refractivity contribution < 1.29 is 4.79 Å². The fourth-order valence-corrected chi connectivity index (χ4v) is 5.59. The van der Waals surface area contributed by atoms with Crippen molar-refractivity contribution >= 4 is 17.4 Å². The van der Waals surface area contributed by atoms with Gasteiger partial charge in [0.15, 0.2) is 0 Å². The van der Waals surface area contributed by atoms with E-state index in [4.69, 9.17) is 0 Å². The van der Waals surface area contributed by atoms with Crippen LogP contribution in [0.25, 0.3) is 0 Å². The summed E-state index contributed by atoms with van der Waals surface area (Å²) in [6.07, 6.45) is 1.74. The topological polar surface area (TPSA) is 90.5 Å². The number of aryl methyl sites for hydroxylation is 1. The van der Waals surface area contributed by atoms with Gasteiger partial charge in [-0.1, -0.05) is 24.3 Å². The second kappa shape index (κ2) is 11.6. The number of amides is 1. The predicted molar refractivity (Wildman–Crippen MR) is 151 cm³/mol. The van der Waals surface area contributed by atoms with Crippen molar-refractivity contribution in [3.63, 3.8) is 0 Å². The Bertz CT molecular complexity index is 1430. The number of pyridine rings is 1. The molecule has 5 rings (SSSR count). The van der Waals surface area contributed by atoms with E-state index in [1.807, 2.05) is 42.2 Å². The van der Waals surface area contributed by atoms with Crippen molar-refractivity contribution in [2.75, 3.05) is 55.6 Å². The number of hydrogen-bond donors (Lipinski definition) is 0. The Labute approximate surface area is 230 Å². The quantitative estimate of drug-likeness (QED) is 0.506. The van der Waals surface area contributed by atoms with E-state index in [1.54, 1.807) is 12.3 Å². The van der Waals surface area contributed by atoms with E-state index in [-0.39, 0.29) is 11.9 Å². The zero-order valence-corrected chi connectivity index (χ0v) is 22.5. The lowest BCUT2D eigenvalue weighted by Gasteiger charge is -2.41. The van der Waals surface area contributed by atoms with Crippen molar-refractivity contribution in [2.24, 2.45) is 0 Å². The summed E-state index contributed by atoms with van der Waals surface area (Å²) in [6, 6.07) is 22.0. The maximum Gasteiger partial charge on any atom is 0.254 e. The molecule has 0 saturated carbocycles. The van der Waals surface area contributed by atoms with E-state index >= 15 is 0 Å². The molecule has 198 valence electrons. The molecule has 0 spiro atoms. The van der Waals surface area contributed by atoms with E-state index in [0.29, 0.717) is 30.8 Å². The van der Waals surface area contributed by atoms with Gasteiger partial charge in [-0.2, -0.15) is 10.5 Å². The first-order chi connectivity index (χ1) is 19.0. The average Bonchev–Trinajstić information content (AvgIpc) is 2.98. The number of para-hydroxylation sites is 1. The van der Waals surface area contributed by atoms with Crippen LogP contribution in [0, 0.1) is 29.6 Å². The highest BCUT2D eigenvalue weighted by atomic mass is 16.2. The SMILES string of the molecule is Cc1ccc(CN2CCN(c3ncccc3C#N)CC2)cc1C(=O)N1CCN(c2ccccc2C#N)C[C@@H]1C. The van der Waals surface area contributed by atoms with Gasteiger partial charge in [0.2, 0.25) is 0 Å². The molecule has 2 aliphatic heterocycles. The summed E-state index contributed by atoms with van der Waals surface area (Å²) >= 11 is 0. The van der Waals surface area contributed by atoms with Crippen LogP contribution in [0.15, 0.2) is 60.8 Å². The molecule has 0 aliphatic carbocycles. The summed E-state index contributed by atoms with van der Waals surface area (Å²) in [5.41, 5.74) is 5.08. The molecule has 2 aliphatic rings.